The summed E-state index contributed by atoms with van der Waals surface area (Å²) in [6.07, 6.45) is 6.31. The monoisotopic (exact) mass is 423 g/mol. The van der Waals surface area contributed by atoms with Crippen LogP contribution in [0.15, 0.2) is 22.7 Å². The van der Waals surface area contributed by atoms with E-state index < -0.39 is 17.7 Å². The van der Waals surface area contributed by atoms with E-state index in [1.165, 1.54) is 0 Å². The SMILES string of the molecule is Cc1c(Br)ccc(C(=O)O)c1C=C[C@@H]1CCC[C@@H]1NC(=O)OC(C)(C)C. The lowest BCUT2D eigenvalue weighted by molar-refractivity contribution is 0.0497. The molecule has 1 fully saturated rings. The lowest BCUT2D eigenvalue weighted by Gasteiger charge is -2.23. The number of aromatic carboxylic acids is 1. The van der Waals surface area contributed by atoms with Crippen LogP contribution in [0.1, 0.15) is 61.5 Å². The maximum absolute atomic E-state index is 12.0. The number of carbonyl (C=O) groups excluding carboxylic acids is 1. The van der Waals surface area contributed by atoms with E-state index in [-0.39, 0.29) is 17.5 Å². The van der Waals surface area contributed by atoms with Crippen molar-refractivity contribution in [1.29, 1.82) is 0 Å². The van der Waals surface area contributed by atoms with Crippen LogP contribution in [0.25, 0.3) is 6.08 Å². The summed E-state index contributed by atoms with van der Waals surface area (Å²) in [5, 5.41) is 12.4. The number of amides is 1. The van der Waals surface area contributed by atoms with E-state index in [1.807, 2.05) is 39.8 Å². The third-order valence-corrected chi connectivity index (χ3v) is 5.32. The zero-order chi connectivity index (χ0) is 19.5. The van der Waals surface area contributed by atoms with Crippen LogP contribution in [0.4, 0.5) is 4.79 Å². The number of hydrogen-bond donors (Lipinski definition) is 2. The van der Waals surface area contributed by atoms with Crippen LogP contribution in [0, 0.1) is 12.8 Å². The number of nitrogens with one attached hydrogen (secondary N) is 1. The minimum atomic E-state index is -0.949. The Kier molecular flexibility index (Phi) is 6.50. The smallest absolute Gasteiger partial charge is 0.407 e. The van der Waals surface area contributed by atoms with E-state index in [0.29, 0.717) is 5.56 Å². The zero-order valence-electron chi connectivity index (χ0n) is 15.6. The maximum Gasteiger partial charge on any atom is 0.407 e. The van der Waals surface area contributed by atoms with Gasteiger partial charge in [-0.15, -0.1) is 0 Å². The van der Waals surface area contributed by atoms with Gasteiger partial charge in [0.05, 0.1) is 5.56 Å². The first-order chi connectivity index (χ1) is 12.1. The van der Waals surface area contributed by atoms with E-state index in [4.69, 9.17) is 4.74 Å². The molecule has 26 heavy (non-hydrogen) atoms. The van der Waals surface area contributed by atoms with Crippen molar-refractivity contribution in [2.24, 2.45) is 5.92 Å². The van der Waals surface area contributed by atoms with Crippen LogP contribution < -0.4 is 5.32 Å². The van der Waals surface area contributed by atoms with Crippen LogP contribution in [0.2, 0.25) is 0 Å². The first-order valence-electron chi connectivity index (χ1n) is 8.78. The highest BCUT2D eigenvalue weighted by atomic mass is 79.9. The molecule has 0 heterocycles. The zero-order valence-corrected chi connectivity index (χ0v) is 17.2. The first-order valence-corrected chi connectivity index (χ1v) is 9.58. The van der Waals surface area contributed by atoms with Gasteiger partial charge in [-0.25, -0.2) is 9.59 Å². The normalized spacial score (nSPS) is 20.3. The van der Waals surface area contributed by atoms with Crippen LogP contribution in [-0.4, -0.2) is 28.8 Å². The summed E-state index contributed by atoms with van der Waals surface area (Å²) >= 11 is 3.45. The molecule has 0 bridgehead atoms. The molecule has 1 saturated carbocycles. The van der Waals surface area contributed by atoms with Crippen LogP contribution in [-0.2, 0) is 4.74 Å². The topological polar surface area (TPSA) is 75.6 Å². The molecule has 0 saturated heterocycles. The van der Waals surface area contributed by atoms with Gasteiger partial charge in [0.15, 0.2) is 0 Å². The number of ether oxygens (including phenoxy) is 1. The molecule has 2 N–H and O–H groups in total. The molecule has 0 spiro atoms. The fourth-order valence-electron chi connectivity index (χ4n) is 3.18. The fraction of sp³-hybridized carbons (Fsp3) is 0.500. The molecule has 6 heteroatoms. The largest absolute Gasteiger partial charge is 0.478 e. The molecule has 1 aromatic carbocycles. The highest BCUT2D eigenvalue weighted by Crippen LogP contribution is 2.30. The summed E-state index contributed by atoms with van der Waals surface area (Å²) in [5.41, 5.74) is 1.32. The molecular formula is C20H26BrNO4. The van der Waals surface area contributed by atoms with Crippen LogP contribution in [0.5, 0.6) is 0 Å². The van der Waals surface area contributed by atoms with E-state index in [1.54, 1.807) is 12.1 Å². The second kappa shape index (κ2) is 8.25. The van der Waals surface area contributed by atoms with Gasteiger partial charge in [0.1, 0.15) is 5.60 Å². The van der Waals surface area contributed by atoms with Crippen molar-refractivity contribution in [2.45, 2.75) is 58.6 Å². The van der Waals surface area contributed by atoms with Crippen molar-refractivity contribution >= 4 is 34.1 Å². The van der Waals surface area contributed by atoms with Crippen molar-refractivity contribution in [3.05, 3.63) is 39.4 Å². The maximum atomic E-state index is 12.0. The van der Waals surface area contributed by atoms with Crippen molar-refractivity contribution in [3.8, 4) is 0 Å². The lowest BCUT2D eigenvalue weighted by Crippen LogP contribution is -2.40. The third-order valence-electron chi connectivity index (χ3n) is 4.46. The first kappa shape index (κ1) is 20.5. The van der Waals surface area contributed by atoms with Gasteiger partial charge >= 0.3 is 12.1 Å². The van der Waals surface area contributed by atoms with Gasteiger partial charge < -0.3 is 15.2 Å². The Hall–Kier alpha value is -1.82. The van der Waals surface area contributed by atoms with Crippen molar-refractivity contribution in [3.63, 3.8) is 0 Å². The fourth-order valence-corrected chi connectivity index (χ4v) is 3.53. The molecule has 0 aliphatic heterocycles. The minimum absolute atomic E-state index is 0.00170. The van der Waals surface area contributed by atoms with E-state index in [9.17, 15) is 14.7 Å². The molecule has 1 aliphatic carbocycles. The van der Waals surface area contributed by atoms with Crippen molar-refractivity contribution in [1.82, 2.24) is 5.32 Å². The van der Waals surface area contributed by atoms with Gasteiger partial charge in [-0.1, -0.05) is 34.5 Å². The quantitative estimate of drug-likeness (QED) is 0.700. The van der Waals surface area contributed by atoms with Gasteiger partial charge in [0.2, 0.25) is 0 Å². The number of hydrogen-bond acceptors (Lipinski definition) is 3. The Bertz CT molecular complexity index is 721. The average Bonchev–Trinajstić information content (AvgIpc) is 2.93. The Morgan fingerprint density at radius 3 is 2.62 bits per heavy atom. The summed E-state index contributed by atoms with van der Waals surface area (Å²) in [4.78, 5) is 23.5. The molecule has 0 aromatic heterocycles. The summed E-state index contributed by atoms with van der Waals surface area (Å²) in [5.74, 6) is -0.794. The predicted octanol–water partition coefficient (Wildman–Crippen LogP) is 5.16. The van der Waals surface area contributed by atoms with Gasteiger partial charge in [-0.3, -0.25) is 0 Å². The van der Waals surface area contributed by atoms with E-state index in [2.05, 4.69) is 21.2 Å². The third kappa shape index (κ3) is 5.34. The lowest BCUT2D eigenvalue weighted by atomic mass is 9.97. The van der Waals surface area contributed by atoms with E-state index >= 15 is 0 Å². The van der Waals surface area contributed by atoms with Gasteiger partial charge in [0, 0.05) is 10.5 Å². The number of halogens is 1. The van der Waals surface area contributed by atoms with E-state index in [0.717, 1.165) is 29.3 Å². The Morgan fingerprint density at radius 2 is 2.00 bits per heavy atom. The predicted molar refractivity (Wildman–Crippen MR) is 105 cm³/mol. The van der Waals surface area contributed by atoms with Gasteiger partial charge in [0.25, 0.3) is 0 Å². The number of benzene rings is 1. The number of rotatable bonds is 4. The summed E-state index contributed by atoms with van der Waals surface area (Å²) in [6, 6.07) is 3.35. The summed E-state index contributed by atoms with van der Waals surface area (Å²) < 4.78 is 6.21. The Balaban J connectivity index is 2.16. The Morgan fingerprint density at radius 1 is 1.31 bits per heavy atom. The van der Waals surface area contributed by atoms with Gasteiger partial charge in [-0.2, -0.15) is 0 Å². The minimum Gasteiger partial charge on any atom is -0.478 e. The highest BCUT2D eigenvalue weighted by molar-refractivity contribution is 9.10. The van der Waals surface area contributed by atoms with Crippen molar-refractivity contribution in [2.75, 3.05) is 0 Å². The molecule has 1 aliphatic rings. The second-order valence-corrected chi connectivity index (χ2v) is 8.50. The second-order valence-electron chi connectivity index (χ2n) is 7.65. The average molecular weight is 424 g/mol. The molecule has 0 radical (unpaired) electrons. The summed E-state index contributed by atoms with van der Waals surface area (Å²) in [6.45, 7) is 7.40. The van der Waals surface area contributed by atoms with Gasteiger partial charge in [-0.05, 0) is 69.7 Å². The molecule has 142 valence electrons. The van der Waals surface area contributed by atoms with Crippen molar-refractivity contribution < 1.29 is 19.4 Å². The molecule has 5 nitrogen and oxygen atoms in total. The Labute approximate surface area is 162 Å². The molecule has 0 unspecified atom stereocenters. The number of carbonyl (C=O) groups is 2. The molecule has 2 rings (SSSR count). The molecule has 1 aromatic rings. The highest BCUT2D eigenvalue weighted by Gasteiger charge is 2.28. The number of alkyl carbamates (subject to hydrolysis) is 1. The van der Waals surface area contributed by atoms with Crippen LogP contribution in [0.3, 0.4) is 0 Å². The standard InChI is InChI=1S/C20H26BrNO4/c1-12-14(15(18(23)24)10-11-16(12)21)9-8-13-6-5-7-17(13)22-19(25)26-20(2,3)4/h8-11,13,17H,5-7H2,1-4H3,(H,22,25)(H,23,24)/t13-,17-/m0/s1. The molecule has 1 amide bonds. The number of carboxylic acid groups (broad SMARTS) is 1. The summed E-state index contributed by atoms with van der Waals surface area (Å²) in [7, 11) is 0. The molecular weight excluding hydrogens is 398 g/mol. The molecule has 2 atom stereocenters. The number of carboxylic acids is 1. The van der Waals surface area contributed by atoms with Crippen LogP contribution >= 0.6 is 15.9 Å².